The highest BCUT2D eigenvalue weighted by Gasteiger charge is 2.13. The summed E-state index contributed by atoms with van der Waals surface area (Å²) < 4.78 is 1.90. The third-order valence-electron chi connectivity index (χ3n) is 2.28. The van der Waals surface area contributed by atoms with Crippen molar-refractivity contribution in [3.63, 3.8) is 0 Å². The Kier molecular flexibility index (Phi) is 3.91. The zero-order valence-electron chi connectivity index (χ0n) is 9.39. The van der Waals surface area contributed by atoms with Gasteiger partial charge >= 0.3 is 0 Å². The van der Waals surface area contributed by atoms with Crippen LogP contribution in [0.15, 0.2) is 17.6 Å². The number of rotatable bonds is 5. The van der Waals surface area contributed by atoms with Crippen LogP contribution in [0, 0.1) is 0 Å². The van der Waals surface area contributed by atoms with Crippen LogP contribution in [-0.2, 0) is 6.54 Å². The number of halogens is 1. The van der Waals surface area contributed by atoms with Gasteiger partial charge < -0.3 is 0 Å². The number of nitrogens with zero attached hydrogens (tertiary/aromatic N) is 3. The number of hydrogen-bond acceptors (Lipinski definition) is 4. The van der Waals surface area contributed by atoms with Gasteiger partial charge in [-0.1, -0.05) is 6.92 Å². The van der Waals surface area contributed by atoms with Crippen molar-refractivity contribution in [2.45, 2.75) is 19.9 Å². The molecule has 17 heavy (non-hydrogen) atoms. The lowest BCUT2D eigenvalue weighted by atomic mass is 10.3. The van der Waals surface area contributed by atoms with Gasteiger partial charge in [0.05, 0.1) is 11.6 Å². The molecule has 0 aliphatic rings. The second-order valence-electron chi connectivity index (χ2n) is 3.53. The van der Waals surface area contributed by atoms with Crippen molar-refractivity contribution in [1.82, 2.24) is 14.8 Å². The third-order valence-corrected chi connectivity index (χ3v) is 3.39. The Morgan fingerprint density at radius 3 is 3.12 bits per heavy atom. The van der Waals surface area contributed by atoms with Gasteiger partial charge in [0.25, 0.3) is 0 Å². The maximum atomic E-state index is 11.4. The van der Waals surface area contributed by atoms with E-state index in [-0.39, 0.29) is 11.7 Å². The zero-order valence-corrected chi connectivity index (χ0v) is 11.0. The summed E-state index contributed by atoms with van der Waals surface area (Å²) >= 11 is 6.94. The zero-order chi connectivity index (χ0) is 12.3. The predicted molar refractivity (Wildman–Crippen MR) is 68.7 cm³/mol. The molecule has 0 aromatic carbocycles. The van der Waals surface area contributed by atoms with Gasteiger partial charge in [-0.25, -0.2) is 4.98 Å². The van der Waals surface area contributed by atoms with E-state index in [0.717, 1.165) is 23.7 Å². The minimum absolute atomic E-state index is 0.0304. The van der Waals surface area contributed by atoms with Crippen molar-refractivity contribution >= 4 is 28.7 Å². The Labute approximate surface area is 108 Å². The highest BCUT2D eigenvalue weighted by Crippen LogP contribution is 2.23. The van der Waals surface area contributed by atoms with Crippen molar-refractivity contribution in [2.24, 2.45) is 0 Å². The lowest BCUT2D eigenvalue weighted by Crippen LogP contribution is -2.02. The number of ketones is 1. The molecule has 0 radical (unpaired) electrons. The topological polar surface area (TPSA) is 47.8 Å². The van der Waals surface area contributed by atoms with Gasteiger partial charge in [0, 0.05) is 18.1 Å². The highest BCUT2D eigenvalue weighted by molar-refractivity contribution is 7.13. The smallest absolute Gasteiger partial charge is 0.196 e. The first kappa shape index (κ1) is 12.3. The first-order chi connectivity index (χ1) is 8.26. The SMILES string of the molecule is CCCn1nccc1-c1nc(C(=O)CCl)cs1. The minimum atomic E-state index is -0.143. The molecule has 0 unspecified atom stereocenters. The number of carbonyl (C=O) groups is 1. The largest absolute Gasteiger partial charge is 0.291 e. The van der Waals surface area contributed by atoms with E-state index in [1.807, 2.05) is 10.7 Å². The minimum Gasteiger partial charge on any atom is -0.291 e. The molecule has 0 atom stereocenters. The lowest BCUT2D eigenvalue weighted by molar-refractivity contribution is 0.101. The highest BCUT2D eigenvalue weighted by atomic mass is 35.5. The molecular weight excluding hydrogens is 258 g/mol. The Morgan fingerprint density at radius 1 is 1.59 bits per heavy atom. The van der Waals surface area contributed by atoms with Crippen LogP contribution in [0.3, 0.4) is 0 Å². The molecule has 0 amide bonds. The first-order valence-electron chi connectivity index (χ1n) is 5.33. The molecule has 0 bridgehead atoms. The molecule has 0 saturated heterocycles. The maximum Gasteiger partial charge on any atom is 0.196 e. The van der Waals surface area contributed by atoms with Gasteiger partial charge in [-0.05, 0) is 12.5 Å². The fourth-order valence-electron chi connectivity index (χ4n) is 1.49. The van der Waals surface area contributed by atoms with Crippen LogP contribution >= 0.6 is 22.9 Å². The summed E-state index contributed by atoms with van der Waals surface area (Å²) in [4.78, 5) is 15.7. The Morgan fingerprint density at radius 2 is 2.41 bits per heavy atom. The van der Waals surface area contributed by atoms with Gasteiger partial charge in [-0.15, -0.1) is 22.9 Å². The average Bonchev–Trinajstić information content (AvgIpc) is 2.96. The lowest BCUT2D eigenvalue weighted by Gasteiger charge is -2.02. The molecule has 0 aliphatic carbocycles. The number of alkyl halides is 1. The summed E-state index contributed by atoms with van der Waals surface area (Å²) in [6, 6.07) is 1.91. The maximum absolute atomic E-state index is 11.4. The molecule has 2 rings (SSSR count). The van der Waals surface area contributed by atoms with Crippen LogP contribution in [0.2, 0.25) is 0 Å². The molecule has 0 spiro atoms. The Bertz CT molecular complexity index is 520. The van der Waals surface area contributed by atoms with E-state index >= 15 is 0 Å². The third kappa shape index (κ3) is 2.56. The van der Waals surface area contributed by atoms with Gasteiger partial charge in [-0.3, -0.25) is 9.48 Å². The van der Waals surface area contributed by atoms with Gasteiger partial charge in [0.1, 0.15) is 10.7 Å². The average molecular weight is 270 g/mol. The summed E-state index contributed by atoms with van der Waals surface area (Å²) in [5.41, 5.74) is 1.38. The van der Waals surface area contributed by atoms with Crippen molar-refractivity contribution < 1.29 is 4.79 Å². The Hall–Kier alpha value is -1.20. The number of thiazole rings is 1. The van der Waals surface area contributed by atoms with Crippen LogP contribution < -0.4 is 0 Å². The summed E-state index contributed by atoms with van der Waals surface area (Å²) in [6.07, 6.45) is 2.75. The molecule has 2 aromatic heterocycles. The summed E-state index contributed by atoms with van der Waals surface area (Å²) in [7, 11) is 0. The molecule has 0 saturated carbocycles. The van der Waals surface area contributed by atoms with E-state index in [1.54, 1.807) is 11.6 Å². The van der Waals surface area contributed by atoms with Crippen LogP contribution in [0.4, 0.5) is 0 Å². The van der Waals surface area contributed by atoms with Gasteiger partial charge in [0.2, 0.25) is 0 Å². The van der Waals surface area contributed by atoms with Crippen molar-refractivity contribution in [2.75, 3.05) is 5.88 Å². The van der Waals surface area contributed by atoms with E-state index in [1.165, 1.54) is 11.3 Å². The van der Waals surface area contributed by atoms with Crippen molar-refractivity contribution in [3.05, 3.63) is 23.3 Å². The molecule has 90 valence electrons. The van der Waals surface area contributed by atoms with E-state index in [9.17, 15) is 4.79 Å². The molecule has 0 N–H and O–H groups in total. The molecule has 0 aliphatic heterocycles. The first-order valence-corrected chi connectivity index (χ1v) is 6.74. The number of aryl methyl sites for hydroxylation is 1. The summed E-state index contributed by atoms with van der Waals surface area (Å²) in [5.74, 6) is -0.173. The second-order valence-corrected chi connectivity index (χ2v) is 4.66. The van der Waals surface area contributed by atoms with Crippen molar-refractivity contribution in [3.8, 4) is 10.7 Å². The van der Waals surface area contributed by atoms with Crippen LogP contribution in [0.25, 0.3) is 10.7 Å². The van der Waals surface area contributed by atoms with Gasteiger partial charge in [-0.2, -0.15) is 5.10 Å². The second kappa shape index (κ2) is 5.42. The monoisotopic (exact) mass is 269 g/mol. The van der Waals surface area contributed by atoms with Crippen LogP contribution in [0.5, 0.6) is 0 Å². The van der Waals surface area contributed by atoms with Crippen molar-refractivity contribution in [1.29, 1.82) is 0 Å². The van der Waals surface area contributed by atoms with Gasteiger partial charge in [0.15, 0.2) is 5.78 Å². The number of aromatic nitrogens is 3. The molecule has 0 fully saturated rings. The van der Waals surface area contributed by atoms with E-state index in [0.29, 0.717) is 5.69 Å². The summed E-state index contributed by atoms with van der Waals surface area (Å²) in [6.45, 7) is 2.94. The quantitative estimate of drug-likeness (QED) is 0.619. The predicted octanol–water partition coefficient (Wildman–Crippen LogP) is 2.84. The number of carbonyl (C=O) groups excluding carboxylic acids is 1. The van der Waals surface area contributed by atoms with Crippen LogP contribution in [-0.4, -0.2) is 26.4 Å². The standard InChI is InChI=1S/C11H12ClN3OS/c1-2-5-15-9(3-4-13-15)11-14-8(7-17-11)10(16)6-12/h3-4,7H,2,5-6H2,1H3. The number of Topliss-reactive ketones (excluding diaryl/α,β-unsaturated/α-hetero) is 1. The molecule has 4 nitrogen and oxygen atoms in total. The fourth-order valence-corrected chi connectivity index (χ4v) is 2.48. The molecule has 2 heterocycles. The Balaban J connectivity index is 2.30. The molecule has 2 aromatic rings. The van der Waals surface area contributed by atoms with Crippen LogP contribution in [0.1, 0.15) is 23.8 Å². The molecular formula is C11H12ClN3OS. The summed E-state index contributed by atoms with van der Waals surface area (Å²) in [5, 5.41) is 6.78. The fraction of sp³-hybridized carbons (Fsp3) is 0.364. The van der Waals surface area contributed by atoms with E-state index in [2.05, 4.69) is 17.0 Å². The number of hydrogen-bond donors (Lipinski definition) is 0. The van der Waals surface area contributed by atoms with E-state index in [4.69, 9.17) is 11.6 Å². The normalized spacial score (nSPS) is 10.7. The molecule has 6 heteroatoms. The van der Waals surface area contributed by atoms with E-state index < -0.39 is 0 Å².